The van der Waals surface area contributed by atoms with Gasteiger partial charge in [0.25, 0.3) is 0 Å². The lowest BCUT2D eigenvalue weighted by atomic mass is 9.99. The lowest BCUT2D eigenvalue weighted by Crippen LogP contribution is -2.38. The second-order valence-corrected chi connectivity index (χ2v) is 8.53. The van der Waals surface area contributed by atoms with E-state index in [0.717, 1.165) is 46.5 Å². The van der Waals surface area contributed by atoms with Gasteiger partial charge in [0, 0.05) is 29.1 Å². The highest BCUT2D eigenvalue weighted by Crippen LogP contribution is 2.32. The first-order valence-corrected chi connectivity index (χ1v) is 10.7. The smallest absolute Gasteiger partial charge is 0.135 e. The number of benzene rings is 1. The monoisotopic (exact) mass is 396 g/mol. The molecule has 0 saturated carbocycles. The minimum Gasteiger partial charge on any atom is -0.328 e. The second kappa shape index (κ2) is 8.22. The number of likely N-dealkylation sites (tertiary alicyclic amines) is 1. The van der Waals surface area contributed by atoms with Crippen molar-refractivity contribution >= 4 is 23.3 Å². The van der Waals surface area contributed by atoms with Crippen molar-refractivity contribution in [3.05, 3.63) is 46.0 Å². The van der Waals surface area contributed by atoms with Gasteiger partial charge >= 0.3 is 0 Å². The van der Waals surface area contributed by atoms with Crippen molar-refractivity contribution in [1.29, 1.82) is 0 Å². The fourth-order valence-electron chi connectivity index (χ4n) is 4.51. The molecule has 1 atom stereocenters. The lowest BCUT2D eigenvalue weighted by Gasteiger charge is -2.30. The molecule has 3 heterocycles. The van der Waals surface area contributed by atoms with Crippen LogP contribution in [0.25, 0.3) is 11.3 Å². The van der Waals surface area contributed by atoms with Crippen molar-refractivity contribution in [3.63, 3.8) is 0 Å². The number of hydrogen-bond acceptors (Lipinski definition) is 3. The first-order chi connectivity index (χ1) is 13.5. The predicted octanol–water partition coefficient (Wildman–Crippen LogP) is 5.26. The average Bonchev–Trinajstić information content (AvgIpc) is 3.03. The van der Waals surface area contributed by atoms with Crippen molar-refractivity contribution < 1.29 is 0 Å². The molecular weight excluding hydrogens is 368 g/mol. The van der Waals surface area contributed by atoms with E-state index in [9.17, 15) is 0 Å². The Morgan fingerprint density at radius 3 is 2.79 bits per heavy atom. The summed E-state index contributed by atoms with van der Waals surface area (Å²) in [4.78, 5) is 12.5. The normalized spacial score (nSPS) is 21.0. The van der Waals surface area contributed by atoms with Crippen LogP contribution in [-0.2, 0) is 6.42 Å². The number of fused-ring (bicyclic) bond motifs is 1. The third-order valence-corrected chi connectivity index (χ3v) is 5.93. The number of aryl methyl sites for hydroxylation is 2. The van der Waals surface area contributed by atoms with E-state index in [4.69, 9.17) is 21.6 Å². The topological polar surface area (TPSA) is 40.5 Å². The zero-order chi connectivity index (χ0) is 19.7. The van der Waals surface area contributed by atoms with Gasteiger partial charge in [0.1, 0.15) is 11.7 Å². The summed E-state index contributed by atoms with van der Waals surface area (Å²) in [6, 6.07) is 8.72. The maximum atomic E-state index is 6.19. The summed E-state index contributed by atoms with van der Waals surface area (Å²) in [5.74, 6) is 2.01. The largest absolute Gasteiger partial charge is 0.328 e. The van der Waals surface area contributed by atoms with Gasteiger partial charge in [-0.15, -0.1) is 0 Å². The van der Waals surface area contributed by atoms with Crippen molar-refractivity contribution in [2.45, 2.75) is 52.5 Å². The summed E-state index contributed by atoms with van der Waals surface area (Å²) in [7, 11) is 0. The van der Waals surface area contributed by atoms with E-state index in [1.165, 1.54) is 43.5 Å². The van der Waals surface area contributed by atoms with Gasteiger partial charge in [-0.2, -0.15) is 0 Å². The van der Waals surface area contributed by atoms with E-state index in [2.05, 4.69) is 43.1 Å². The van der Waals surface area contributed by atoms with E-state index in [1.54, 1.807) is 0 Å². The minimum atomic E-state index is 0.400. The number of nitrogens with zero attached hydrogens (tertiary/aromatic N) is 3. The van der Waals surface area contributed by atoms with E-state index in [1.807, 2.05) is 12.1 Å². The van der Waals surface area contributed by atoms with Crippen LogP contribution in [0.5, 0.6) is 0 Å². The highest BCUT2D eigenvalue weighted by atomic mass is 35.5. The molecule has 0 spiro atoms. The molecule has 1 fully saturated rings. The number of anilines is 1. The van der Waals surface area contributed by atoms with Gasteiger partial charge in [-0.1, -0.05) is 24.6 Å². The number of pyridine rings is 1. The van der Waals surface area contributed by atoms with Gasteiger partial charge in [0.05, 0.1) is 11.7 Å². The van der Waals surface area contributed by atoms with Crippen molar-refractivity contribution in [1.82, 2.24) is 9.88 Å². The zero-order valence-electron chi connectivity index (χ0n) is 17.1. The molecule has 1 aromatic heterocycles. The molecular formula is C23H29ClN4. The van der Waals surface area contributed by atoms with Crippen LogP contribution in [-0.4, -0.2) is 41.4 Å². The summed E-state index contributed by atoms with van der Waals surface area (Å²) in [6.45, 7) is 9.91. The van der Waals surface area contributed by atoms with Crippen LogP contribution >= 0.6 is 11.6 Å². The molecule has 148 valence electrons. The zero-order valence-corrected chi connectivity index (χ0v) is 17.8. The Hall–Kier alpha value is -1.91. The number of halogens is 1. The Morgan fingerprint density at radius 2 is 2.04 bits per heavy atom. The molecule has 4 rings (SSSR count). The number of aliphatic imine (C=N–C) groups is 1. The van der Waals surface area contributed by atoms with Crippen molar-refractivity contribution in [3.8, 4) is 11.3 Å². The van der Waals surface area contributed by atoms with Gasteiger partial charge in [0.2, 0.25) is 0 Å². The molecule has 1 aromatic carbocycles. The van der Waals surface area contributed by atoms with E-state index < -0.39 is 0 Å². The van der Waals surface area contributed by atoms with Crippen LogP contribution in [0, 0.1) is 13.8 Å². The summed E-state index contributed by atoms with van der Waals surface area (Å²) < 4.78 is 0. The first kappa shape index (κ1) is 19.4. The third kappa shape index (κ3) is 4.08. The Labute approximate surface area is 173 Å². The molecule has 2 aromatic rings. The Balaban J connectivity index is 1.53. The quantitative estimate of drug-likeness (QED) is 0.766. The molecule has 5 heteroatoms. The van der Waals surface area contributed by atoms with Crippen LogP contribution in [0.4, 0.5) is 5.82 Å². The fraction of sp³-hybridized carbons (Fsp3) is 0.478. The number of piperidine rings is 1. The number of nitrogens with one attached hydrogen (secondary N) is 1. The number of aromatic nitrogens is 1. The summed E-state index contributed by atoms with van der Waals surface area (Å²) in [5, 5.41) is 4.26. The summed E-state index contributed by atoms with van der Waals surface area (Å²) in [6.07, 6.45) is 4.49. The molecule has 28 heavy (non-hydrogen) atoms. The molecule has 1 unspecified atom stereocenters. The van der Waals surface area contributed by atoms with Crippen molar-refractivity contribution in [2.75, 3.05) is 25.0 Å². The van der Waals surface area contributed by atoms with Gasteiger partial charge in [0.15, 0.2) is 0 Å². The Morgan fingerprint density at radius 1 is 1.25 bits per heavy atom. The molecule has 1 saturated heterocycles. The van der Waals surface area contributed by atoms with Gasteiger partial charge in [-0.3, -0.25) is 4.99 Å². The van der Waals surface area contributed by atoms with Gasteiger partial charge < -0.3 is 10.2 Å². The van der Waals surface area contributed by atoms with E-state index in [0.29, 0.717) is 6.04 Å². The number of hydrogen-bond donors (Lipinski definition) is 1. The minimum absolute atomic E-state index is 0.400. The SMILES string of the molecule is CCCN1CCCC(N=C2Cc3ccc(-c4c(C)cc(Cl)cc4C)nc3N2)C1. The van der Waals surface area contributed by atoms with Crippen LogP contribution < -0.4 is 5.32 Å². The number of amidine groups is 1. The van der Waals surface area contributed by atoms with Crippen LogP contribution in [0.3, 0.4) is 0 Å². The second-order valence-electron chi connectivity index (χ2n) is 8.09. The first-order valence-electron chi connectivity index (χ1n) is 10.4. The van der Waals surface area contributed by atoms with Gasteiger partial charge in [-0.05, 0) is 75.5 Å². The van der Waals surface area contributed by atoms with Crippen LogP contribution in [0.1, 0.15) is 42.9 Å². The maximum absolute atomic E-state index is 6.19. The van der Waals surface area contributed by atoms with E-state index >= 15 is 0 Å². The van der Waals surface area contributed by atoms with Crippen molar-refractivity contribution in [2.24, 2.45) is 4.99 Å². The molecule has 0 aliphatic carbocycles. The summed E-state index contributed by atoms with van der Waals surface area (Å²) >= 11 is 6.19. The highest BCUT2D eigenvalue weighted by molar-refractivity contribution is 6.30. The molecule has 4 nitrogen and oxygen atoms in total. The average molecular weight is 397 g/mol. The highest BCUT2D eigenvalue weighted by Gasteiger charge is 2.23. The Bertz CT molecular complexity index is 880. The Kier molecular flexibility index (Phi) is 5.70. The molecule has 0 bridgehead atoms. The predicted molar refractivity (Wildman–Crippen MR) is 119 cm³/mol. The molecule has 0 radical (unpaired) electrons. The fourth-order valence-corrected chi connectivity index (χ4v) is 4.84. The molecule has 2 aliphatic rings. The standard InChI is InChI=1S/C23H29ClN4/c1-4-9-28-10-5-6-19(14-28)25-21-13-17-7-8-20(26-23(17)27-21)22-15(2)11-18(24)12-16(22)3/h7-8,11-12,19H,4-6,9-10,13-14H2,1-3H3,(H,25,26,27). The lowest BCUT2D eigenvalue weighted by molar-refractivity contribution is 0.210. The van der Waals surface area contributed by atoms with Crippen LogP contribution in [0.15, 0.2) is 29.3 Å². The van der Waals surface area contributed by atoms with Crippen LogP contribution in [0.2, 0.25) is 5.02 Å². The molecule has 0 amide bonds. The van der Waals surface area contributed by atoms with E-state index in [-0.39, 0.29) is 0 Å². The molecule has 1 N–H and O–H groups in total. The van der Waals surface area contributed by atoms with Gasteiger partial charge in [-0.25, -0.2) is 4.98 Å². The third-order valence-electron chi connectivity index (χ3n) is 5.71. The maximum Gasteiger partial charge on any atom is 0.135 e. The molecule has 2 aliphatic heterocycles. The number of rotatable bonds is 4. The summed E-state index contributed by atoms with van der Waals surface area (Å²) in [5.41, 5.74) is 5.70.